The van der Waals surface area contributed by atoms with Gasteiger partial charge in [-0.05, 0) is 20.8 Å². The van der Waals surface area contributed by atoms with Crippen LogP contribution in [0.5, 0.6) is 0 Å². The fourth-order valence-corrected chi connectivity index (χ4v) is 3.26. The largest absolute Gasteiger partial charge is 0.479 e. The Hall–Kier alpha value is -1.83. The van der Waals surface area contributed by atoms with Crippen LogP contribution in [0.1, 0.15) is 20.8 Å². The number of hydrogen-bond donors (Lipinski definition) is 6. The number of carboxylic acids is 3. The molecule has 0 aromatic heterocycles. The Morgan fingerprint density at radius 3 is 1.87 bits per heavy atom. The van der Waals surface area contributed by atoms with Crippen molar-refractivity contribution in [3.8, 4) is 0 Å². The van der Waals surface area contributed by atoms with Gasteiger partial charge in [-0.15, -0.1) is 0 Å². The summed E-state index contributed by atoms with van der Waals surface area (Å²) in [4.78, 5) is 38.2. The summed E-state index contributed by atoms with van der Waals surface area (Å²) in [5.41, 5.74) is -3.51. The van der Waals surface area contributed by atoms with Crippen molar-refractivity contribution in [2.24, 2.45) is 0 Å². The fourth-order valence-electron chi connectivity index (χ4n) is 3.26. The van der Waals surface area contributed by atoms with Crippen LogP contribution in [0, 0.1) is 0 Å². The van der Waals surface area contributed by atoms with Gasteiger partial charge in [0.15, 0.2) is 0 Å². The van der Waals surface area contributed by atoms with Crippen molar-refractivity contribution in [1.29, 1.82) is 0 Å². The highest BCUT2D eigenvalue weighted by molar-refractivity contribution is 6.21. The van der Waals surface area contributed by atoms with E-state index in [0.717, 1.165) is 4.90 Å². The van der Waals surface area contributed by atoms with Crippen LogP contribution >= 0.6 is 0 Å². The molecule has 1 unspecified atom stereocenters. The van der Waals surface area contributed by atoms with Gasteiger partial charge >= 0.3 is 23.4 Å². The summed E-state index contributed by atoms with van der Waals surface area (Å²) in [5.74, 6) is -5.86. The minimum Gasteiger partial charge on any atom is -0.479 e. The Balaban J connectivity index is 3.01. The van der Waals surface area contributed by atoms with E-state index in [0.29, 0.717) is 26.2 Å². The smallest absolute Gasteiger partial charge is 0.347 e. The van der Waals surface area contributed by atoms with Crippen LogP contribution < -0.4 is 10.6 Å². The number of nitrogens with zero attached hydrogens (tertiary/aromatic N) is 2. The maximum Gasteiger partial charge on any atom is 0.347 e. The summed E-state index contributed by atoms with van der Waals surface area (Å²) in [6, 6.07) is 0. The monoisotopic (exact) mass is 448 g/mol. The molecule has 0 aromatic rings. The standard InChI is InChI=1S/C19H36N4O8/c1-18(2,3)31-13-14(24)12-22-8-6-20-4-5-21-7-9-23(11-10-22)19(15(25)26,16(27)28)17(29)30/h14,20-21,24H,4-13H2,1-3H3,(H,25,26)(H,27,28)(H,29,30). The SMILES string of the molecule is CC(C)(C)OCC(O)CN1CCNCCNCCN(C(C(=O)O)(C(=O)O)C(=O)O)CC1. The molecule has 1 saturated heterocycles. The van der Waals surface area contributed by atoms with E-state index in [9.17, 15) is 34.8 Å². The highest BCUT2D eigenvalue weighted by atomic mass is 16.5. The van der Waals surface area contributed by atoms with Crippen molar-refractivity contribution in [3.63, 3.8) is 0 Å². The quantitative estimate of drug-likeness (QED) is 0.225. The molecule has 0 aliphatic carbocycles. The van der Waals surface area contributed by atoms with Crippen molar-refractivity contribution in [1.82, 2.24) is 20.4 Å². The molecule has 1 rings (SSSR count). The number of carboxylic acid groups (broad SMARTS) is 3. The first kappa shape index (κ1) is 27.2. The number of hydrogen-bond acceptors (Lipinski definition) is 9. The Morgan fingerprint density at radius 1 is 0.871 bits per heavy atom. The van der Waals surface area contributed by atoms with E-state index in [-0.39, 0.29) is 39.3 Å². The second kappa shape index (κ2) is 12.3. The molecule has 0 aromatic carbocycles. The highest BCUT2D eigenvalue weighted by Crippen LogP contribution is 2.18. The number of rotatable bonds is 8. The normalized spacial score (nSPS) is 19.7. The van der Waals surface area contributed by atoms with Gasteiger partial charge in [-0.3, -0.25) is 9.80 Å². The van der Waals surface area contributed by atoms with E-state index in [1.54, 1.807) is 0 Å². The van der Waals surface area contributed by atoms with Crippen molar-refractivity contribution in [2.45, 2.75) is 38.0 Å². The lowest BCUT2D eigenvalue weighted by Gasteiger charge is -2.36. The average Bonchev–Trinajstić information content (AvgIpc) is 2.62. The summed E-state index contributed by atoms with van der Waals surface area (Å²) < 4.78 is 5.60. The Labute approximate surface area is 182 Å². The van der Waals surface area contributed by atoms with Crippen molar-refractivity contribution in [2.75, 3.05) is 65.5 Å². The lowest BCUT2D eigenvalue weighted by atomic mass is 9.97. The summed E-state index contributed by atoms with van der Waals surface area (Å²) >= 11 is 0. The number of β-amino-alcohol motifs (C(OH)–C–C–N with tert-alkyl or cyclic N) is 1. The number of aliphatic hydroxyl groups excluding tert-OH is 1. The molecular formula is C19H36N4O8. The molecule has 1 aliphatic rings. The zero-order valence-corrected chi connectivity index (χ0v) is 18.5. The molecule has 1 aliphatic heterocycles. The van der Waals surface area contributed by atoms with E-state index in [1.807, 2.05) is 25.7 Å². The second-order valence-electron chi connectivity index (χ2n) is 8.49. The number of ether oxygens (including phenoxy) is 1. The predicted molar refractivity (Wildman–Crippen MR) is 111 cm³/mol. The van der Waals surface area contributed by atoms with E-state index < -0.39 is 35.2 Å². The summed E-state index contributed by atoms with van der Waals surface area (Å²) in [5, 5.41) is 45.3. The van der Waals surface area contributed by atoms with Crippen LogP contribution in [-0.4, -0.2) is 131 Å². The van der Waals surface area contributed by atoms with Crippen LogP contribution in [0.3, 0.4) is 0 Å². The second-order valence-corrected chi connectivity index (χ2v) is 8.49. The molecule has 6 N–H and O–H groups in total. The lowest BCUT2D eigenvalue weighted by molar-refractivity contribution is -0.179. The van der Waals surface area contributed by atoms with Gasteiger partial charge in [0.25, 0.3) is 0 Å². The zero-order valence-electron chi connectivity index (χ0n) is 18.5. The maximum absolute atomic E-state index is 11.8. The molecule has 0 saturated carbocycles. The first-order chi connectivity index (χ1) is 14.4. The molecule has 180 valence electrons. The molecule has 0 amide bonds. The molecule has 0 bridgehead atoms. The lowest BCUT2D eigenvalue weighted by Crippen LogP contribution is -2.67. The fraction of sp³-hybridized carbons (Fsp3) is 0.842. The van der Waals surface area contributed by atoms with Crippen molar-refractivity contribution < 1.29 is 39.5 Å². The van der Waals surface area contributed by atoms with Crippen LogP contribution in [-0.2, 0) is 19.1 Å². The molecule has 1 heterocycles. The van der Waals surface area contributed by atoms with Gasteiger partial charge in [0.05, 0.1) is 18.3 Å². The van der Waals surface area contributed by atoms with E-state index in [2.05, 4.69) is 10.6 Å². The average molecular weight is 449 g/mol. The van der Waals surface area contributed by atoms with Crippen molar-refractivity contribution in [3.05, 3.63) is 0 Å². The number of aliphatic carboxylic acids is 3. The van der Waals surface area contributed by atoms with E-state index >= 15 is 0 Å². The maximum atomic E-state index is 11.8. The number of aliphatic hydroxyl groups is 1. The molecule has 1 fully saturated rings. The van der Waals surface area contributed by atoms with Crippen LogP contribution in [0.4, 0.5) is 0 Å². The molecule has 0 radical (unpaired) electrons. The van der Waals surface area contributed by atoms with Gasteiger partial charge in [0.2, 0.25) is 0 Å². The van der Waals surface area contributed by atoms with Crippen LogP contribution in [0.25, 0.3) is 0 Å². The van der Waals surface area contributed by atoms with E-state index in [1.165, 1.54) is 0 Å². The predicted octanol–water partition coefficient (Wildman–Crippen LogP) is -2.05. The minimum absolute atomic E-state index is 0.0889. The third-order valence-corrected chi connectivity index (χ3v) is 4.91. The third kappa shape index (κ3) is 8.31. The molecule has 31 heavy (non-hydrogen) atoms. The molecule has 12 nitrogen and oxygen atoms in total. The molecule has 12 heteroatoms. The van der Waals surface area contributed by atoms with Gasteiger partial charge in [-0.2, -0.15) is 0 Å². The summed E-state index contributed by atoms with van der Waals surface area (Å²) in [7, 11) is 0. The highest BCUT2D eigenvalue weighted by Gasteiger charge is 2.59. The Morgan fingerprint density at radius 2 is 1.39 bits per heavy atom. The third-order valence-electron chi connectivity index (χ3n) is 4.91. The van der Waals surface area contributed by atoms with Gasteiger partial charge in [-0.25, -0.2) is 14.4 Å². The first-order valence-electron chi connectivity index (χ1n) is 10.3. The summed E-state index contributed by atoms with van der Waals surface area (Å²) in [6.07, 6.45) is -0.814. The van der Waals surface area contributed by atoms with Crippen molar-refractivity contribution >= 4 is 17.9 Å². The topological polar surface area (TPSA) is 172 Å². The number of carbonyl (C=O) groups is 3. The molecule has 1 atom stereocenters. The minimum atomic E-state index is -3.09. The number of nitrogens with one attached hydrogen (secondary N) is 2. The van der Waals surface area contributed by atoms with E-state index in [4.69, 9.17) is 4.74 Å². The Kier molecular flexibility index (Phi) is 10.8. The molecular weight excluding hydrogens is 412 g/mol. The molecule has 0 spiro atoms. The first-order valence-corrected chi connectivity index (χ1v) is 10.3. The van der Waals surface area contributed by atoms with Gasteiger partial charge in [-0.1, -0.05) is 0 Å². The van der Waals surface area contributed by atoms with Gasteiger partial charge in [0, 0.05) is 58.9 Å². The van der Waals surface area contributed by atoms with Crippen LogP contribution in [0.15, 0.2) is 0 Å². The van der Waals surface area contributed by atoms with Crippen LogP contribution in [0.2, 0.25) is 0 Å². The zero-order chi connectivity index (χ0) is 23.7. The van der Waals surface area contributed by atoms with Gasteiger partial charge < -0.3 is 35.8 Å². The summed E-state index contributed by atoms with van der Waals surface area (Å²) in [6.45, 7) is 8.38. The van der Waals surface area contributed by atoms with Gasteiger partial charge in [0.1, 0.15) is 0 Å². The Bertz CT molecular complexity index is 574.